The summed E-state index contributed by atoms with van der Waals surface area (Å²) in [6, 6.07) is 15.3. The Morgan fingerprint density at radius 3 is 2.59 bits per heavy atom. The molecule has 0 fully saturated rings. The van der Waals surface area contributed by atoms with E-state index < -0.39 is 0 Å². The van der Waals surface area contributed by atoms with Gasteiger partial charge in [-0.15, -0.1) is 23.5 Å². The van der Waals surface area contributed by atoms with Crippen LogP contribution in [0.25, 0.3) is 0 Å². The third-order valence-electron chi connectivity index (χ3n) is 4.45. The molecule has 0 atom stereocenters. The van der Waals surface area contributed by atoms with Crippen molar-refractivity contribution < 1.29 is 14.3 Å². The normalized spacial score (nSPS) is 13.6. The first-order valence-electron chi connectivity index (χ1n) is 9.36. The average Bonchev–Trinajstić information content (AvgIpc) is 2.74. The maximum absolute atomic E-state index is 12.7. The maximum Gasteiger partial charge on any atom is 0.265 e. The number of nitrogens with one attached hydrogen (secondary N) is 2. The minimum absolute atomic E-state index is 0.208. The SMILES string of the molecule is CSc1ccc(CCNC(=O)c2ccccc2NC(=O)C2=C(C)OCCS2)cc1. The number of thioether (sulfide) groups is 2. The van der Waals surface area contributed by atoms with Gasteiger partial charge in [0.2, 0.25) is 0 Å². The fraction of sp³-hybridized carbons (Fsp3) is 0.273. The summed E-state index contributed by atoms with van der Waals surface area (Å²) in [5, 5.41) is 5.79. The maximum atomic E-state index is 12.7. The number of carbonyl (C=O) groups excluding carboxylic acids is 2. The summed E-state index contributed by atoms with van der Waals surface area (Å²) in [6.07, 6.45) is 2.79. The van der Waals surface area contributed by atoms with Crippen LogP contribution in [0.5, 0.6) is 0 Å². The summed E-state index contributed by atoms with van der Waals surface area (Å²) in [4.78, 5) is 27.0. The molecule has 0 radical (unpaired) electrons. The molecule has 1 aliphatic heterocycles. The third kappa shape index (κ3) is 5.81. The van der Waals surface area contributed by atoms with Gasteiger partial charge in [-0.2, -0.15) is 0 Å². The Balaban J connectivity index is 1.61. The standard InChI is InChI=1S/C22H24N2O3S2/c1-15-20(29-14-13-27-15)22(26)24-19-6-4-3-5-18(19)21(25)23-12-11-16-7-9-17(28-2)10-8-16/h3-10H,11-14H2,1-2H3,(H,23,25)(H,24,26). The van der Waals surface area contributed by atoms with E-state index in [-0.39, 0.29) is 11.8 Å². The molecule has 0 saturated carbocycles. The van der Waals surface area contributed by atoms with Crippen molar-refractivity contribution in [3.63, 3.8) is 0 Å². The number of allylic oxidation sites excluding steroid dienone is 1. The number of hydrogen-bond acceptors (Lipinski definition) is 5. The first-order chi connectivity index (χ1) is 14.1. The van der Waals surface area contributed by atoms with Gasteiger partial charge in [0.15, 0.2) is 0 Å². The van der Waals surface area contributed by atoms with E-state index in [1.165, 1.54) is 22.2 Å². The van der Waals surface area contributed by atoms with Crippen LogP contribution in [0, 0.1) is 0 Å². The van der Waals surface area contributed by atoms with Gasteiger partial charge in [-0.1, -0.05) is 24.3 Å². The predicted molar refractivity (Wildman–Crippen MR) is 120 cm³/mol. The number of ether oxygens (including phenoxy) is 1. The largest absolute Gasteiger partial charge is 0.496 e. The zero-order valence-corrected chi connectivity index (χ0v) is 18.1. The van der Waals surface area contributed by atoms with E-state index >= 15 is 0 Å². The van der Waals surface area contributed by atoms with E-state index in [0.717, 1.165) is 12.2 Å². The highest BCUT2D eigenvalue weighted by Gasteiger charge is 2.20. The first-order valence-corrected chi connectivity index (χ1v) is 11.6. The Morgan fingerprint density at radius 1 is 1.10 bits per heavy atom. The lowest BCUT2D eigenvalue weighted by Gasteiger charge is -2.18. The topological polar surface area (TPSA) is 67.4 Å². The molecular weight excluding hydrogens is 404 g/mol. The van der Waals surface area contributed by atoms with Gasteiger partial charge >= 0.3 is 0 Å². The molecule has 5 nitrogen and oxygen atoms in total. The van der Waals surface area contributed by atoms with E-state index in [1.54, 1.807) is 43.0 Å². The van der Waals surface area contributed by atoms with Gasteiger partial charge in [-0.3, -0.25) is 9.59 Å². The van der Waals surface area contributed by atoms with Crippen LogP contribution in [0.2, 0.25) is 0 Å². The van der Waals surface area contributed by atoms with Gasteiger partial charge in [0.1, 0.15) is 10.7 Å². The molecule has 2 amide bonds. The Bertz CT molecular complexity index is 911. The van der Waals surface area contributed by atoms with Crippen molar-refractivity contribution in [1.29, 1.82) is 0 Å². The van der Waals surface area contributed by atoms with Gasteiger partial charge in [-0.05, 0) is 49.4 Å². The predicted octanol–water partition coefficient (Wildman–Crippen LogP) is 4.31. The second kappa shape index (κ2) is 10.4. The number of benzene rings is 2. The molecule has 7 heteroatoms. The number of hydrogen-bond donors (Lipinski definition) is 2. The molecular formula is C22H24N2O3S2. The van der Waals surface area contributed by atoms with Gasteiger partial charge < -0.3 is 15.4 Å². The lowest BCUT2D eigenvalue weighted by Crippen LogP contribution is -2.27. The summed E-state index contributed by atoms with van der Waals surface area (Å²) in [7, 11) is 0. The van der Waals surface area contributed by atoms with Crippen molar-refractivity contribution in [2.75, 3.05) is 30.5 Å². The van der Waals surface area contributed by atoms with Crippen LogP contribution in [0.15, 0.2) is 64.1 Å². The summed E-state index contributed by atoms with van der Waals surface area (Å²) in [5.74, 6) is 0.898. The molecule has 0 bridgehead atoms. The molecule has 152 valence electrons. The monoisotopic (exact) mass is 428 g/mol. The summed E-state index contributed by atoms with van der Waals surface area (Å²) in [5.41, 5.74) is 2.10. The van der Waals surface area contributed by atoms with E-state index in [2.05, 4.69) is 34.9 Å². The molecule has 1 aliphatic rings. The number of rotatable bonds is 7. The minimum atomic E-state index is -0.249. The quantitative estimate of drug-likeness (QED) is 0.643. The van der Waals surface area contributed by atoms with Gasteiger partial charge in [0.05, 0.1) is 17.9 Å². The fourth-order valence-corrected chi connectivity index (χ4v) is 4.13. The van der Waals surface area contributed by atoms with E-state index in [4.69, 9.17) is 4.74 Å². The Morgan fingerprint density at radius 2 is 1.86 bits per heavy atom. The Labute approximate surface area is 179 Å². The van der Waals surface area contributed by atoms with Crippen molar-refractivity contribution in [3.8, 4) is 0 Å². The number of anilines is 1. The molecule has 1 heterocycles. The number of amides is 2. The Kier molecular flexibility index (Phi) is 7.66. The van der Waals surface area contributed by atoms with Crippen molar-refractivity contribution >= 4 is 41.0 Å². The molecule has 0 aromatic heterocycles. The molecule has 0 spiro atoms. The highest BCUT2D eigenvalue weighted by atomic mass is 32.2. The molecule has 3 rings (SSSR count). The molecule has 29 heavy (non-hydrogen) atoms. The van der Waals surface area contributed by atoms with E-state index in [9.17, 15) is 9.59 Å². The lowest BCUT2D eigenvalue weighted by atomic mass is 10.1. The number of carbonyl (C=O) groups is 2. The van der Waals surface area contributed by atoms with Crippen LogP contribution in [-0.4, -0.2) is 37.0 Å². The summed E-state index contributed by atoms with van der Waals surface area (Å²) >= 11 is 3.17. The second-order valence-electron chi connectivity index (χ2n) is 6.44. The van der Waals surface area contributed by atoms with Crippen LogP contribution >= 0.6 is 23.5 Å². The smallest absolute Gasteiger partial charge is 0.265 e. The fourth-order valence-electron chi connectivity index (χ4n) is 2.91. The van der Waals surface area contributed by atoms with Crippen molar-refractivity contribution in [2.24, 2.45) is 0 Å². The summed E-state index contributed by atoms with van der Waals surface area (Å²) in [6.45, 7) is 2.91. The molecule has 2 aromatic rings. The van der Waals surface area contributed by atoms with Crippen LogP contribution in [0.3, 0.4) is 0 Å². The molecule has 2 aromatic carbocycles. The van der Waals surface area contributed by atoms with Gasteiger partial charge in [-0.25, -0.2) is 0 Å². The minimum Gasteiger partial charge on any atom is -0.496 e. The van der Waals surface area contributed by atoms with Gasteiger partial charge in [0, 0.05) is 17.2 Å². The lowest BCUT2D eigenvalue weighted by molar-refractivity contribution is -0.112. The van der Waals surface area contributed by atoms with Crippen LogP contribution in [-0.2, 0) is 16.0 Å². The third-order valence-corrected chi connectivity index (χ3v) is 6.33. The molecule has 0 aliphatic carbocycles. The Hall–Kier alpha value is -2.38. The second-order valence-corrected chi connectivity index (χ2v) is 8.42. The number of para-hydroxylation sites is 1. The van der Waals surface area contributed by atoms with Crippen LogP contribution in [0.1, 0.15) is 22.8 Å². The van der Waals surface area contributed by atoms with Crippen molar-refractivity contribution in [2.45, 2.75) is 18.2 Å². The first kappa shape index (κ1) is 21.3. The molecule has 0 saturated heterocycles. The van der Waals surface area contributed by atoms with Crippen LogP contribution < -0.4 is 10.6 Å². The highest BCUT2D eigenvalue weighted by Crippen LogP contribution is 2.27. The summed E-state index contributed by atoms with van der Waals surface area (Å²) < 4.78 is 5.45. The zero-order valence-electron chi connectivity index (χ0n) is 16.5. The molecule has 0 unspecified atom stereocenters. The van der Waals surface area contributed by atoms with Gasteiger partial charge in [0.25, 0.3) is 11.8 Å². The highest BCUT2D eigenvalue weighted by molar-refractivity contribution is 8.04. The van der Waals surface area contributed by atoms with Crippen molar-refractivity contribution in [3.05, 3.63) is 70.3 Å². The van der Waals surface area contributed by atoms with Crippen LogP contribution in [0.4, 0.5) is 5.69 Å². The van der Waals surface area contributed by atoms with E-state index in [1.807, 2.05) is 6.26 Å². The molecule has 2 N–H and O–H groups in total. The van der Waals surface area contributed by atoms with E-state index in [0.29, 0.717) is 35.1 Å². The average molecular weight is 429 g/mol. The van der Waals surface area contributed by atoms with Crippen molar-refractivity contribution in [1.82, 2.24) is 5.32 Å². The zero-order chi connectivity index (χ0) is 20.6.